The fourth-order valence-corrected chi connectivity index (χ4v) is 5.05. The SMILES string of the molecule is CCC(C)N1C(=O)SC(=Cc2cc(OC)c(OCc3cccc4ccccc34)cc2Br)C1=O. The number of hydrogen-bond acceptors (Lipinski definition) is 5. The van der Waals surface area contributed by atoms with E-state index in [1.807, 2.05) is 44.2 Å². The third-order valence-electron chi connectivity index (χ3n) is 5.69. The number of halogens is 1. The Morgan fingerprint density at radius 1 is 1.09 bits per heavy atom. The van der Waals surface area contributed by atoms with Crippen LogP contribution in [0, 0.1) is 0 Å². The van der Waals surface area contributed by atoms with Crippen LogP contribution in [0.25, 0.3) is 16.8 Å². The van der Waals surface area contributed by atoms with Crippen LogP contribution in [-0.2, 0) is 11.4 Å². The highest BCUT2D eigenvalue weighted by molar-refractivity contribution is 9.10. The molecule has 5 nitrogen and oxygen atoms in total. The molecular formula is C26H24BrNO4S. The Bertz CT molecular complexity index is 1250. The van der Waals surface area contributed by atoms with E-state index < -0.39 is 0 Å². The summed E-state index contributed by atoms with van der Waals surface area (Å²) >= 11 is 4.54. The van der Waals surface area contributed by atoms with E-state index in [2.05, 4.69) is 34.1 Å². The number of benzene rings is 3. The number of methoxy groups -OCH3 is 1. The number of carbonyl (C=O) groups excluding carboxylic acids is 2. The van der Waals surface area contributed by atoms with Crippen LogP contribution < -0.4 is 9.47 Å². The maximum Gasteiger partial charge on any atom is 0.293 e. The molecule has 170 valence electrons. The highest BCUT2D eigenvalue weighted by Crippen LogP contribution is 2.39. The van der Waals surface area contributed by atoms with E-state index in [-0.39, 0.29) is 17.2 Å². The van der Waals surface area contributed by atoms with Gasteiger partial charge in [-0.15, -0.1) is 0 Å². The van der Waals surface area contributed by atoms with Crippen LogP contribution >= 0.6 is 27.7 Å². The number of ether oxygens (including phenoxy) is 2. The largest absolute Gasteiger partial charge is 0.493 e. The molecule has 33 heavy (non-hydrogen) atoms. The molecule has 1 unspecified atom stereocenters. The van der Waals surface area contributed by atoms with Crippen LogP contribution in [0.1, 0.15) is 31.4 Å². The molecule has 0 aliphatic carbocycles. The first-order chi connectivity index (χ1) is 15.9. The average Bonchev–Trinajstić information content (AvgIpc) is 3.11. The van der Waals surface area contributed by atoms with Crippen LogP contribution in [0.2, 0.25) is 0 Å². The second-order valence-electron chi connectivity index (χ2n) is 7.76. The van der Waals surface area contributed by atoms with Gasteiger partial charge in [0, 0.05) is 10.5 Å². The molecule has 0 radical (unpaired) electrons. The van der Waals surface area contributed by atoms with Gasteiger partial charge in [0.1, 0.15) is 6.61 Å². The first-order valence-electron chi connectivity index (χ1n) is 10.7. The molecule has 2 amide bonds. The van der Waals surface area contributed by atoms with Crippen molar-refractivity contribution in [2.24, 2.45) is 0 Å². The highest BCUT2D eigenvalue weighted by atomic mass is 79.9. The molecule has 0 N–H and O–H groups in total. The molecule has 0 bridgehead atoms. The van der Waals surface area contributed by atoms with E-state index in [1.54, 1.807) is 19.3 Å². The predicted octanol–water partition coefficient (Wildman–Crippen LogP) is 7.02. The van der Waals surface area contributed by atoms with Gasteiger partial charge in [-0.2, -0.15) is 0 Å². The number of rotatable bonds is 7. The highest BCUT2D eigenvalue weighted by Gasteiger charge is 2.37. The van der Waals surface area contributed by atoms with E-state index in [0.717, 1.165) is 38.1 Å². The van der Waals surface area contributed by atoms with Crippen molar-refractivity contribution in [1.29, 1.82) is 0 Å². The Balaban J connectivity index is 1.59. The van der Waals surface area contributed by atoms with E-state index in [1.165, 1.54) is 4.90 Å². The summed E-state index contributed by atoms with van der Waals surface area (Å²) in [5.41, 5.74) is 1.81. The van der Waals surface area contributed by atoms with Crippen molar-refractivity contribution < 1.29 is 19.1 Å². The number of nitrogens with zero attached hydrogens (tertiary/aromatic N) is 1. The van der Waals surface area contributed by atoms with Crippen LogP contribution in [0.4, 0.5) is 4.79 Å². The molecule has 3 aromatic carbocycles. The Labute approximate surface area is 205 Å². The lowest BCUT2D eigenvalue weighted by Crippen LogP contribution is -2.36. The zero-order chi connectivity index (χ0) is 23.5. The minimum Gasteiger partial charge on any atom is -0.493 e. The van der Waals surface area contributed by atoms with Crippen molar-refractivity contribution >= 4 is 55.7 Å². The van der Waals surface area contributed by atoms with Gasteiger partial charge in [-0.3, -0.25) is 14.5 Å². The summed E-state index contributed by atoms with van der Waals surface area (Å²) in [7, 11) is 1.58. The fraction of sp³-hybridized carbons (Fsp3) is 0.231. The Morgan fingerprint density at radius 3 is 2.61 bits per heavy atom. The summed E-state index contributed by atoms with van der Waals surface area (Å²) in [6.45, 7) is 4.22. The third-order valence-corrected chi connectivity index (χ3v) is 7.26. The van der Waals surface area contributed by atoms with E-state index >= 15 is 0 Å². The molecule has 1 fully saturated rings. The number of thioether (sulfide) groups is 1. The van der Waals surface area contributed by atoms with Crippen molar-refractivity contribution in [1.82, 2.24) is 4.90 Å². The van der Waals surface area contributed by atoms with Crippen LogP contribution in [0.15, 0.2) is 64.0 Å². The Morgan fingerprint density at radius 2 is 1.85 bits per heavy atom. The average molecular weight is 526 g/mol. The van der Waals surface area contributed by atoms with Crippen molar-refractivity contribution in [3.63, 3.8) is 0 Å². The first kappa shape index (κ1) is 23.4. The molecule has 1 atom stereocenters. The van der Waals surface area contributed by atoms with Crippen molar-refractivity contribution in [3.8, 4) is 11.5 Å². The van der Waals surface area contributed by atoms with E-state index in [0.29, 0.717) is 29.4 Å². The summed E-state index contributed by atoms with van der Waals surface area (Å²) in [5, 5.41) is 2.07. The van der Waals surface area contributed by atoms with Gasteiger partial charge in [0.2, 0.25) is 0 Å². The molecule has 0 spiro atoms. The molecule has 1 aliphatic heterocycles. The smallest absolute Gasteiger partial charge is 0.293 e. The second kappa shape index (κ2) is 10.0. The third kappa shape index (κ3) is 4.80. The Kier molecular flexibility index (Phi) is 7.10. The molecule has 3 aromatic rings. The van der Waals surface area contributed by atoms with Crippen LogP contribution in [0.5, 0.6) is 11.5 Å². The lowest BCUT2D eigenvalue weighted by molar-refractivity contribution is -0.124. The van der Waals surface area contributed by atoms with Crippen LogP contribution in [-0.4, -0.2) is 29.2 Å². The zero-order valence-electron chi connectivity index (χ0n) is 18.6. The molecule has 1 saturated heterocycles. The Hall–Kier alpha value is -2.77. The molecule has 1 heterocycles. The van der Waals surface area contributed by atoms with Gasteiger partial charge in [-0.25, -0.2) is 0 Å². The monoisotopic (exact) mass is 525 g/mol. The van der Waals surface area contributed by atoms with Gasteiger partial charge >= 0.3 is 0 Å². The van der Waals surface area contributed by atoms with Crippen molar-refractivity contribution in [3.05, 3.63) is 75.1 Å². The minimum absolute atomic E-state index is 0.133. The summed E-state index contributed by atoms with van der Waals surface area (Å²) in [5.74, 6) is 0.870. The topological polar surface area (TPSA) is 55.8 Å². The molecule has 4 rings (SSSR count). The van der Waals surface area contributed by atoms with Gasteiger partial charge in [0.05, 0.1) is 12.0 Å². The first-order valence-corrected chi connectivity index (χ1v) is 12.3. The number of fused-ring (bicyclic) bond motifs is 1. The summed E-state index contributed by atoms with van der Waals surface area (Å²) < 4.78 is 12.4. The van der Waals surface area contributed by atoms with Crippen molar-refractivity contribution in [2.75, 3.05) is 7.11 Å². The zero-order valence-corrected chi connectivity index (χ0v) is 21.0. The van der Waals surface area contributed by atoms with Gasteiger partial charge in [-0.05, 0) is 65.2 Å². The van der Waals surface area contributed by atoms with Crippen molar-refractivity contribution in [2.45, 2.75) is 32.9 Å². The molecule has 0 aromatic heterocycles. The van der Waals surface area contributed by atoms with E-state index in [9.17, 15) is 9.59 Å². The van der Waals surface area contributed by atoms with E-state index in [4.69, 9.17) is 9.47 Å². The number of imide groups is 1. The quantitative estimate of drug-likeness (QED) is 0.310. The van der Waals surface area contributed by atoms with Gasteiger partial charge in [0.25, 0.3) is 11.1 Å². The van der Waals surface area contributed by atoms with Crippen LogP contribution in [0.3, 0.4) is 0 Å². The molecule has 0 saturated carbocycles. The maximum absolute atomic E-state index is 12.8. The predicted molar refractivity (Wildman–Crippen MR) is 137 cm³/mol. The lowest BCUT2D eigenvalue weighted by atomic mass is 10.1. The summed E-state index contributed by atoms with van der Waals surface area (Å²) in [4.78, 5) is 26.8. The normalized spacial score (nSPS) is 16.0. The molecular weight excluding hydrogens is 502 g/mol. The van der Waals surface area contributed by atoms with Gasteiger partial charge in [-0.1, -0.05) is 65.3 Å². The standard InChI is InChI=1S/C26H24BrNO4S/c1-4-16(2)28-25(29)24(33-26(28)30)13-19-12-22(31-3)23(14-21(19)27)32-15-18-10-7-9-17-8-5-6-11-20(17)18/h5-14,16H,4,15H2,1-3H3. The second-order valence-corrected chi connectivity index (χ2v) is 9.61. The fourth-order valence-electron chi connectivity index (χ4n) is 3.69. The van der Waals surface area contributed by atoms with Gasteiger partial charge < -0.3 is 9.47 Å². The lowest BCUT2D eigenvalue weighted by Gasteiger charge is -2.19. The molecule has 1 aliphatic rings. The number of hydrogen-bond donors (Lipinski definition) is 0. The maximum atomic E-state index is 12.8. The minimum atomic E-state index is -0.263. The molecule has 7 heteroatoms. The summed E-state index contributed by atoms with van der Waals surface area (Å²) in [6, 6.07) is 17.8. The summed E-state index contributed by atoms with van der Waals surface area (Å²) in [6.07, 6.45) is 2.43. The van der Waals surface area contributed by atoms with Gasteiger partial charge in [0.15, 0.2) is 11.5 Å². The number of carbonyl (C=O) groups is 2. The number of amides is 2.